The minimum Gasteiger partial charge on any atom is -0.481 e. The number of nitrogens with one attached hydrogen (secondary N) is 1. The summed E-state index contributed by atoms with van der Waals surface area (Å²) in [6, 6.07) is 15.9. The molecular formula is C28H32N2O5. The van der Waals surface area contributed by atoms with Crippen molar-refractivity contribution in [2.24, 2.45) is 5.92 Å². The summed E-state index contributed by atoms with van der Waals surface area (Å²) in [6.07, 6.45) is 4.30. The first-order chi connectivity index (χ1) is 17.0. The lowest BCUT2D eigenvalue weighted by atomic mass is 9.83. The van der Waals surface area contributed by atoms with Crippen LogP contribution in [0.1, 0.15) is 62.0 Å². The van der Waals surface area contributed by atoms with Crippen LogP contribution in [0.15, 0.2) is 48.5 Å². The minimum absolute atomic E-state index is 0.0155. The summed E-state index contributed by atoms with van der Waals surface area (Å²) in [4.78, 5) is 39.2. The molecule has 1 saturated heterocycles. The summed E-state index contributed by atoms with van der Waals surface area (Å²) < 4.78 is 5.72. The molecule has 5 rings (SSSR count). The molecule has 2 aliphatic carbocycles. The molecule has 1 heterocycles. The quantitative estimate of drug-likeness (QED) is 0.638. The zero-order valence-electron chi connectivity index (χ0n) is 19.8. The summed E-state index contributed by atoms with van der Waals surface area (Å²) in [6.45, 7) is 0.822. The van der Waals surface area contributed by atoms with Crippen LogP contribution in [0.5, 0.6) is 0 Å². The first-order valence-electron chi connectivity index (χ1n) is 12.7. The van der Waals surface area contributed by atoms with Gasteiger partial charge in [0, 0.05) is 24.5 Å². The highest BCUT2D eigenvalue weighted by atomic mass is 16.5. The number of hydrogen-bond donors (Lipinski definition) is 2. The van der Waals surface area contributed by atoms with Gasteiger partial charge < -0.3 is 20.1 Å². The fourth-order valence-corrected chi connectivity index (χ4v) is 6.14. The lowest BCUT2D eigenvalue weighted by molar-refractivity contribution is -0.142. The third-order valence-corrected chi connectivity index (χ3v) is 7.80. The molecule has 3 aliphatic rings. The van der Waals surface area contributed by atoms with E-state index in [-0.39, 0.29) is 42.9 Å². The molecule has 7 nitrogen and oxygen atoms in total. The number of alkyl carbamates (subject to hydrolysis) is 1. The molecule has 35 heavy (non-hydrogen) atoms. The Morgan fingerprint density at radius 3 is 2.26 bits per heavy atom. The normalized spacial score (nSPS) is 23.4. The van der Waals surface area contributed by atoms with Gasteiger partial charge in [0.25, 0.3) is 0 Å². The maximum atomic E-state index is 13.4. The molecule has 0 bridgehead atoms. The number of benzene rings is 2. The lowest BCUT2D eigenvalue weighted by Crippen LogP contribution is -2.51. The number of aliphatic carboxylic acids is 1. The van der Waals surface area contributed by atoms with Crippen molar-refractivity contribution in [1.82, 2.24) is 10.2 Å². The van der Waals surface area contributed by atoms with Crippen molar-refractivity contribution in [2.75, 3.05) is 13.2 Å². The van der Waals surface area contributed by atoms with Gasteiger partial charge in [-0.15, -0.1) is 0 Å². The fraction of sp³-hybridized carbons (Fsp3) is 0.464. The molecule has 1 saturated carbocycles. The number of ether oxygens (including phenoxy) is 1. The van der Waals surface area contributed by atoms with Crippen molar-refractivity contribution >= 4 is 18.0 Å². The third-order valence-electron chi connectivity index (χ3n) is 7.80. The molecule has 0 spiro atoms. The van der Waals surface area contributed by atoms with Gasteiger partial charge in [-0.25, -0.2) is 4.79 Å². The smallest absolute Gasteiger partial charge is 0.407 e. The van der Waals surface area contributed by atoms with Crippen LogP contribution in [-0.2, 0) is 14.3 Å². The van der Waals surface area contributed by atoms with E-state index in [1.165, 1.54) is 11.1 Å². The monoisotopic (exact) mass is 476 g/mol. The van der Waals surface area contributed by atoms with E-state index in [0.29, 0.717) is 13.0 Å². The summed E-state index contributed by atoms with van der Waals surface area (Å²) >= 11 is 0. The van der Waals surface area contributed by atoms with Gasteiger partial charge in [-0.2, -0.15) is 0 Å². The molecule has 2 N–H and O–H groups in total. The topological polar surface area (TPSA) is 95.9 Å². The molecule has 0 unspecified atom stereocenters. The van der Waals surface area contributed by atoms with E-state index in [1.54, 1.807) is 4.90 Å². The second-order valence-corrected chi connectivity index (χ2v) is 9.89. The van der Waals surface area contributed by atoms with Crippen LogP contribution in [-0.4, -0.2) is 53.2 Å². The van der Waals surface area contributed by atoms with Crippen LogP contribution in [0.2, 0.25) is 0 Å². The number of rotatable bonds is 6. The van der Waals surface area contributed by atoms with E-state index in [2.05, 4.69) is 29.6 Å². The maximum Gasteiger partial charge on any atom is 0.407 e. The van der Waals surface area contributed by atoms with Crippen LogP contribution in [0.25, 0.3) is 11.1 Å². The average molecular weight is 477 g/mol. The number of amides is 2. The summed E-state index contributed by atoms with van der Waals surface area (Å²) in [5.41, 5.74) is 4.67. The van der Waals surface area contributed by atoms with Gasteiger partial charge in [0.15, 0.2) is 0 Å². The Morgan fingerprint density at radius 1 is 0.914 bits per heavy atom. The van der Waals surface area contributed by atoms with E-state index in [9.17, 15) is 19.5 Å². The first kappa shape index (κ1) is 23.4. The Kier molecular flexibility index (Phi) is 6.75. The number of carbonyl (C=O) groups is 3. The number of likely N-dealkylation sites (tertiary alicyclic amines) is 1. The molecule has 2 amide bonds. The van der Waals surface area contributed by atoms with Crippen LogP contribution < -0.4 is 5.32 Å². The molecular weight excluding hydrogens is 444 g/mol. The van der Waals surface area contributed by atoms with Gasteiger partial charge in [0.1, 0.15) is 6.61 Å². The average Bonchev–Trinajstić information content (AvgIpc) is 3.44. The second-order valence-electron chi connectivity index (χ2n) is 9.89. The van der Waals surface area contributed by atoms with Gasteiger partial charge in [-0.05, 0) is 47.9 Å². The molecule has 3 atom stereocenters. The second kappa shape index (κ2) is 10.1. The largest absolute Gasteiger partial charge is 0.481 e. The number of nitrogens with zero attached hydrogens (tertiary/aromatic N) is 1. The van der Waals surface area contributed by atoms with E-state index in [1.807, 2.05) is 24.3 Å². The predicted octanol–water partition coefficient (Wildman–Crippen LogP) is 4.55. The minimum atomic E-state index is -0.883. The molecule has 184 valence electrons. The Bertz CT molecular complexity index is 1070. The molecule has 2 aromatic carbocycles. The molecule has 0 radical (unpaired) electrons. The summed E-state index contributed by atoms with van der Waals surface area (Å²) in [5, 5.41) is 12.2. The number of fused-ring (bicyclic) bond motifs is 3. The number of carboxylic acid groups (broad SMARTS) is 1. The zero-order chi connectivity index (χ0) is 24.4. The zero-order valence-corrected chi connectivity index (χ0v) is 19.8. The molecule has 1 aliphatic heterocycles. The van der Waals surface area contributed by atoms with Crippen LogP contribution >= 0.6 is 0 Å². The van der Waals surface area contributed by atoms with Crippen molar-refractivity contribution in [3.63, 3.8) is 0 Å². The van der Waals surface area contributed by atoms with Gasteiger partial charge in [-0.1, -0.05) is 61.4 Å². The van der Waals surface area contributed by atoms with Crippen molar-refractivity contribution in [3.8, 4) is 11.1 Å². The number of carbonyl (C=O) groups excluding carboxylic acids is 2. The Morgan fingerprint density at radius 2 is 1.57 bits per heavy atom. The van der Waals surface area contributed by atoms with Crippen LogP contribution in [0.3, 0.4) is 0 Å². The highest BCUT2D eigenvalue weighted by Gasteiger charge is 2.39. The van der Waals surface area contributed by atoms with Crippen molar-refractivity contribution in [1.29, 1.82) is 0 Å². The Labute approximate surface area is 205 Å². The molecule has 2 fully saturated rings. The maximum absolute atomic E-state index is 13.4. The highest BCUT2D eigenvalue weighted by Crippen LogP contribution is 2.44. The highest BCUT2D eigenvalue weighted by molar-refractivity contribution is 5.82. The molecule has 7 heteroatoms. The summed E-state index contributed by atoms with van der Waals surface area (Å²) in [5.74, 6) is -1.26. The van der Waals surface area contributed by atoms with Crippen molar-refractivity contribution < 1.29 is 24.2 Å². The lowest BCUT2D eigenvalue weighted by Gasteiger charge is -2.35. The van der Waals surface area contributed by atoms with Crippen LogP contribution in [0.4, 0.5) is 4.79 Å². The number of hydrogen-bond acceptors (Lipinski definition) is 4. The van der Waals surface area contributed by atoms with Gasteiger partial charge in [0.05, 0.1) is 12.3 Å². The van der Waals surface area contributed by atoms with E-state index in [0.717, 1.165) is 43.2 Å². The Balaban J connectivity index is 1.23. The van der Waals surface area contributed by atoms with Crippen molar-refractivity contribution in [3.05, 3.63) is 59.7 Å². The van der Waals surface area contributed by atoms with E-state index < -0.39 is 12.1 Å². The van der Waals surface area contributed by atoms with Crippen molar-refractivity contribution in [2.45, 2.75) is 62.9 Å². The van der Waals surface area contributed by atoms with Crippen LogP contribution in [0, 0.1) is 5.92 Å². The first-order valence-corrected chi connectivity index (χ1v) is 12.7. The third kappa shape index (κ3) is 4.77. The standard InChI is InChI=1S/C28H32N2O5/c31-26(32)16-18-8-7-15-30(18)27(33)23-13-5-6-14-25(23)29-28(34)35-17-24-21-11-3-1-9-19(21)20-10-2-4-12-22(20)24/h1-4,9-12,18,23-25H,5-8,13-17H2,(H,29,34)(H,31,32)/t18-,23+,25-/m1/s1. The van der Waals surface area contributed by atoms with E-state index >= 15 is 0 Å². The van der Waals surface area contributed by atoms with Gasteiger partial charge >= 0.3 is 12.1 Å². The predicted molar refractivity (Wildman–Crippen MR) is 131 cm³/mol. The summed E-state index contributed by atoms with van der Waals surface area (Å²) in [7, 11) is 0. The van der Waals surface area contributed by atoms with Gasteiger partial charge in [-0.3, -0.25) is 9.59 Å². The van der Waals surface area contributed by atoms with E-state index in [4.69, 9.17) is 4.74 Å². The molecule has 2 aromatic rings. The Hall–Kier alpha value is -3.35. The van der Waals surface area contributed by atoms with Gasteiger partial charge in [0.2, 0.25) is 5.91 Å². The fourth-order valence-electron chi connectivity index (χ4n) is 6.14. The number of carboxylic acids is 1. The SMILES string of the molecule is O=C(O)C[C@H]1CCCN1C(=O)[C@H]1CCCC[C@H]1NC(=O)OCC1c2ccccc2-c2ccccc21. The molecule has 0 aromatic heterocycles.